The number of piperidine rings is 1. The number of benzene rings is 1. The second-order valence-electron chi connectivity index (χ2n) is 11.8. The number of imidazole rings is 1. The Kier molecular flexibility index (Phi) is 6.11. The van der Waals surface area contributed by atoms with Gasteiger partial charge in [-0.05, 0) is 76.4 Å². The highest BCUT2D eigenvalue weighted by molar-refractivity contribution is 6.62. The maximum absolute atomic E-state index is 13.8. The molecule has 2 aromatic rings. The van der Waals surface area contributed by atoms with Crippen LogP contribution in [0.2, 0.25) is 0 Å². The molecular weight excluding hydrogens is 459 g/mol. The molecule has 3 heterocycles. The van der Waals surface area contributed by atoms with Gasteiger partial charge in [-0.2, -0.15) is 0 Å². The van der Waals surface area contributed by atoms with Crippen molar-refractivity contribution in [3.8, 4) is 0 Å². The molecular formula is C26H37BN4O5. The fourth-order valence-electron chi connectivity index (χ4n) is 5.83. The highest BCUT2D eigenvalue weighted by atomic mass is 16.7. The fourth-order valence-corrected chi connectivity index (χ4v) is 5.83. The van der Waals surface area contributed by atoms with Crippen molar-refractivity contribution in [3.05, 3.63) is 24.0 Å². The number of amides is 2. The number of hydrogen-bond donors (Lipinski definition) is 2. The van der Waals surface area contributed by atoms with Crippen LogP contribution < -0.4 is 10.8 Å². The molecule has 5 rings (SSSR count). The molecule has 2 bridgehead atoms. The minimum Gasteiger partial charge on any atom is -0.453 e. The van der Waals surface area contributed by atoms with Crippen LogP contribution in [-0.4, -0.2) is 64.4 Å². The van der Waals surface area contributed by atoms with Crippen LogP contribution in [0.25, 0.3) is 11.0 Å². The molecule has 9 nitrogen and oxygen atoms in total. The number of carbonyl (C=O) groups excluding carboxylic acids is 2. The van der Waals surface area contributed by atoms with Gasteiger partial charge in [0.05, 0.1) is 35.4 Å². The van der Waals surface area contributed by atoms with Gasteiger partial charge in [-0.25, -0.2) is 9.78 Å². The third kappa shape index (κ3) is 4.08. The Balaban J connectivity index is 1.44. The van der Waals surface area contributed by atoms with Crippen LogP contribution in [0.1, 0.15) is 72.7 Å². The van der Waals surface area contributed by atoms with Crippen LogP contribution in [0.5, 0.6) is 0 Å². The number of ether oxygens (including phenoxy) is 1. The molecule has 1 saturated carbocycles. The Morgan fingerprint density at radius 3 is 2.53 bits per heavy atom. The van der Waals surface area contributed by atoms with Gasteiger partial charge in [0.1, 0.15) is 11.9 Å². The molecule has 10 heteroatoms. The van der Waals surface area contributed by atoms with Crippen LogP contribution in [0.4, 0.5) is 4.79 Å². The number of methoxy groups -OCH3 is 1. The number of aromatic amines is 1. The number of likely N-dealkylation sites (tertiary alicyclic amines) is 1. The molecule has 0 spiro atoms. The highest BCUT2D eigenvalue weighted by Crippen LogP contribution is 2.50. The Morgan fingerprint density at radius 1 is 1.19 bits per heavy atom. The number of nitrogens with one attached hydrogen (secondary N) is 2. The molecule has 1 aliphatic carbocycles. The van der Waals surface area contributed by atoms with Gasteiger partial charge in [0, 0.05) is 6.04 Å². The number of hydrogen-bond acceptors (Lipinski definition) is 6. The number of carbonyl (C=O) groups is 2. The first-order valence-corrected chi connectivity index (χ1v) is 12.9. The van der Waals surface area contributed by atoms with Crippen molar-refractivity contribution in [1.82, 2.24) is 20.2 Å². The normalized spacial score (nSPS) is 27.2. The Morgan fingerprint density at radius 2 is 1.89 bits per heavy atom. The lowest BCUT2D eigenvalue weighted by Gasteiger charge is -2.37. The summed E-state index contributed by atoms with van der Waals surface area (Å²) in [5.74, 6) is 0.977. The minimum atomic E-state index is -0.654. The number of nitrogens with zero attached hydrogens (tertiary/aromatic N) is 2. The SMILES string of the molecule is COC(=O)N[C@H](C(=O)N1C2CC[C@@H](C2)[C@H]1c1nc2ccc(B3OC(C)(C)C(C)(C)O3)cc2[nH]1)C(C)C. The van der Waals surface area contributed by atoms with Gasteiger partial charge in [-0.3, -0.25) is 4.79 Å². The van der Waals surface area contributed by atoms with Crippen molar-refractivity contribution in [2.75, 3.05) is 7.11 Å². The maximum Gasteiger partial charge on any atom is 0.494 e. The summed E-state index contributed by atoms with van der Waals surface area (Å²) in [4.78, 5) is 36.1. The first-order valence-electron chi connectivity index (χ1n) is 12.9. The van der Waals surface area contributed by atoms with E-state index in [-0.39, 0.29) is 23.9 Å². The smallest absolute Gasteiger partial charge is 0.453 e. The molecule has 2 amide bonds. The summed E-state index contributed by atoms with van der Waals surface area (Å²) >= 11 is 0. The molecule has 36 heavy (non-hydrogen) atoms. The van der Waals surface area contributed by atoms with E-state index in [0.717, 1.165) is 41.6 Å². The molecule has 3 fully saturated rings. The van der Waals surface area contributed by atoms with Crippen molar-refractivity contribution in [2.45, 2.75) is 90.1 Å². The van der Waals surface area contributed by atoms with Crippen LogP contribution in [0, 0.1) is 11.8 Å². The number of rotatable bonds is 5. The first-order chi connectivity index (χ1) is 16.9. The lowest BCUT2D eigenvalue weighted by Crippen LogP contribution is -2.54. The molecule has 194 valence electrons. The summed E-state index contributed by atoms with van der Waals surface area (Å²) in [7, 11) is 0.854. The lowest BCUT2D eigenvalue weighted by atomic mass is 9.79. The zero-order chi connectivity index (χ0) is 26.0. The Hall–Kier alpha value is -2.59. The quantitative estimate of drug-likeness (QED) is 0.616. The number of fused-ring (bicyclic) bond motifs is 3. The molecule has 2 saturated heterocycles. The van der Waals surface area contributed by atoms with Gasteiger partial charge in [-0.15, -0.1) is 0 Å². The van der Waals surface area contributed by atoms with E-state index in [1.54, 1.807) is 0 Å². The average Bonchev–Trinajstić information content (AvgIpc) is 3.57. The van der Waals surface area contributed by atoms with E-state index < -0.39 is 30.5 Å². The van der Waals surface area contributed by atoms with Crippen LogP contribution in [0.15, 0.2) is 18.2 Å². The van der Waals surface area contributed by atoms with Crippen molar-refractivity contribution in [3.63, 3.8) is 0 Å². The van der Waals surface area contributed by atoms with E-state index in [9.17, 15) is 9.59 Å². The molecule has 1 aromatic heterocycles. The van der Waals surface area contributed by atoms with E-state index in [0.29, 0.717) is 5.92 Å². The predicted octanol–water partition coefficient (Wildman–Crippen LogP) is 3.29. The summed E-state index contributed by atoms with van der Waals surface area (Å²) < 4.78 is 17.2. The zero-order valence-electron chi connectivity index (χ0n) is 22.3. The van der Waals surface area contributed by atoms with Gasteiger partial charge in [0.25, 0.3) is 0 Å². The summed E-state index contributed by atoms with van der Waals surface area (Å²) in [6.45, 7) is 12.0. The molecule has 1 aromatic carbocycles. The van der Waals surface area contributed by atoms with Crippen molar-refractivity contribution in [1.29, 1.82) is 0 Å². The maximum atomic E-state index is 13.8. The monoisotopic (exact) mass is 496 g/mol. The van der Waals surface area contributed by atoms with E-state index in [1.807, 2.05) is 64.6 Å². The van der Waals surface area contributed by atoms with Gasteiger partial charge in [0.15, 0.2) is 0 Å². The van der Waals surface area contributed by atoms with Gasteiger partial charge < -0.3 is 29.2 Å². The number of aromatic nitrogens is 2. The van der Waals surface area contributed by atoms with E-state index in [1.165, 1.54) is 7.11 Å². The van der Waals surface area contributed by atoms with E-state index in [4.69, 9.17) is 19.0 Å². The third-order valence-electron chi connectivity index (χ3n) is 8.56. The van der Waals surface area contributed by atoms with E-state index in [2.05, 4.69) is 10.3 Å². The Bertz CT molecular complexity index is 1160. The van der Waals surface area contributed by atoms with Crippen LogP contribution >= 0.6 is 0 Å². The van der Waals surface area contributed by atoms with E-state index >= 15 is 0 Å². The molecule has 2 N–H and O–H groups in total. The fraction of sp³-hybridized carbons (Fsp3) is 0.654. The average molecular weight is 496 g/mol. The molecule has 3 aliphatic rings. The standard InChI is InChI=1S/C26H37BN4O5/c1-14(2)20(30-24(33)34-7)23(32)31-17-10-8-15(12-17)21(31)22-28-18-11-9-16(13-19(18)29-22)27-35-25(3,4)26(5,6)36-27/h9,11,13-15,17,20-21H,8,10,12H2,1-7H3,(H,28,29)(H,30,33)/t15-,17?,20-,21-/m0/s1. The van der Waals surface area contributed by atoms with Crippen molar-refractivity contribution >= 4 is 35.6 Å². The first kappa shape index (κ1) is 25.1. The second kappa shape index (κ2) is 8.76. The number of alkyl carbamates (subject to hydrolysis) is 1. The summed E-state index contributed by atoms with van der Waals surface area (Å²) in [6.07, 6.45) is 2.39. The summed E-state index contributed by atoms with van der Waals surface area (Å²) in [6, 6.07) is 5.35. The largest absolute Gasteiger partial charge is 0.494 e. The molecule has 4 atom stereocenters. The lowest BCUT2D eigenvalue weighted by molar-refractivity contribution is -0.139. The third-order valence-corrected chi connectivity index (χ3v) is 8.56. The number of H-pyrrole nitrogens is 1. The van der Waals surface area contributed by atoms with Gasteiger partial charge >= 0.3 is 13.2 Å². The minimum absolute atomic E-state index is 0.0745. The second-order valence-corrected chi connectivity index (χ2v) is 11.8. The zero-order valence-corrected chi connectivity index (χ0v) is 22.3. The highest BCUT2D eigenvalue weighted by Gasteiger charge is 2.53. The van der Waals surface area contributed by atoms with Gasteiger partial charge in [0.2, 0.25) is 5.91 Å². The molecule has 0 radical (unpaired) electrons. The predicted molar refractivity (Wildman–Crippen MR) is 137 cm³/mol. The summed E-state index contributed by atoms with van der Waals surface area (Å²) in [5, 5.41) is 2.74. The Labute approximate surface area is 212 Å². The van der Waals surface area contributed by atoms with Crippen molar-refractivity contribution in [2.24, 2.45) is 11.8 Å². The molecule has 1 unspecified atom stereocenters. The van der Waals surface area contributed by atoms with Crippen LogP contribution in [0.3, 0.4) is 0 Å². The topological polar surface area (TPSA) is 106 Å². The summed E-state index contributed by atoms with van der Waals surface area (Å²) in [5.41, 5.74) is 1.83. The van der Waals surface area contributed by atoms with Gasteiger partial charge in [-0.1, -0.05) is 19.9 Å². The van der Waals surface area contributed by atoms with Crippen LogP contribution in [-0.2, 0) is 18.8 Å². The molecule has 2 aliphatic heterocycles. The van der Waals surface area contributed by atoms with Crippen molar-refractivity contribution < 1.29 is 23.6 Å².